The van der Waals surface area contributed by atoms with Crippen LogP contribution in [0, 0.1) is 11.3 Å². The third-order valence-electron chi connectivity index (χ3n) is 1.28. The molecule has 2 heteroatoms. The molecular formula is C11H15NS. The molecule has 0 amide bonds. The third-order valence-corrected chi connectivity index (χ3v) is 2.15. The van der Waals surface area contributed by atoms with Crippen LogP contribution in [0.25, 0.3) is 0 Å². The van der Waals surface area contributed by atoms with E-state index in [1.54, 1.807) is 11.8 Å². The van der Waals surface area contributed by atoms with Crippen molar-refractivity contribution in [2.75, 3.05) is 5.75 Å². The lowest BCUT2D eigenvalue weighted by Gasteiger charge is -1.95. The maximum Gasteiger partial charge on any atom is 0.0811 e. The van der Waals surface area contributed by atoms with E-state index in [2.05, 4.69) is 18.2 Å². The molecule has 0 aliphatic rings. The highest BCUT2D eigenvalue weighted by Gasteiger charge is 1.89. The second-order valence-corrected chi connectivity index (χ2v) is 3.12. The molecule has 13 heavy (non-hydrogen) atoms. The first-order chi connectivity index (χ1) is 6.43. The van der Waals surface area contributed by atoms with Gasteiger partial charge in [0.15, 0.2) is 0 Å². The van der Waals surface area contributed by atoms with E-state index in [1.807, 2.05) is 32.0 Å². The fraction of sp³-hybridized carbons (Fsp3) is 0.364. The first-order valence-corrected chi connectivity index (χ1v) is 5.57. The van der Waals surface area contributed by atoms with Gasteiger partial charge in [0.2, 0.25) is 0 Å². The fourth-order valence-corrected chi connectivity index (χ4v) is 1.41. The van der Waals surface area contributed by atoms with E-state index in [1.165, 1.54) is 5.56 Å². The molecule has 1 aromatic rings. The minimum absolute atomic E-state index is 0.578. The van der Waals surface area contributed by atoms with Crippen LogP contribution in [-0.4, -0.2) is 5.75 Å². The van der Waals surface area contributed by atoms with Crippen molar-refractivity contribution in [1.82, 2.24) is 0 Å². The van der Waals surface area contributed by atoms with Crippen LogP contribution in [0.15, 0.2) is 30.3 Å². The summed E-state index contributed by atoms with van der Waals surface area (Å²) in [6.07, 6.45) is 0. The highest BCUT2D eigenvalue weighted by Crippen LogP contribution is 2.10. The number of nitrogens with zero attached hydrogens (tertiary/aromatic N) is 1. The van der Waals surface area contributed by atoms with Crippen LogP contribution in [0.1, 0.15) is 19.4 Å². The van der Waals surface area contributed by atoms with E-state index in [0.29, 0.717) is 5.75 Å². The van der Waals surface area contributed by atoms with Gasteiger partial charge in [-0.15, -0.1) is 11.8 Å². The summed E-state index contributed by atoms with van der Waals surface area (Å²) >= 11 is 1.65. The molecule has 0 fully saturated rings. The van der Waals surface area contributed by atoms with Crippen molar-refractivity contribution in [1.29, 1.82) is 5.26 Å². The first kappa shape index (κ1) is 12.1. The predicted molar refractivity (Wildman–Crippen MR) is 59.6 cm³/mol. The molecule has 0 radical (unpaired) electrons. The molecular weight excluding hydrogens is 178 g/mol. The average Bonchev–Trinajstić information content (AvgIpc) is 2.23. The summed E-state index contributed by atoms with van der Waals surface area (Å²) in [5.41, 5.74) is 1.28. The number of hydrogen-bond donors (Lipinski definition) is 0. The van der Waals surface area contributed by atoms with Crippen molar-refractivity contribution < 1.29 is 0 Å². The number of benzene rings is 1. The van der Waals surface area contributed by atoms with E-state index in [-0.39, 0.29) is 0 Å². The van der Waals surface area contributed by atoms with Gasteiger partial charge in [0.25, 0.3) is 0 Å². The lowest BCUT2D eigenvalue weighted by molar-refractivity contribution is 1.41. The largest absolute Gasteiger partial charge is 0.197 e. The Balaban J connectivity index is 0.000000671. The van der Waals surface area contributed by atoms with Crippen LogP contribution in [0.5, 0.6) is 0 Å². The Morgan fingerprint density at radius 1 is 1.23 bits per heavy atom. The quantitative estimate of drug-likeness (QED) is 0.686. The zero-order chi connectivity index (χ0) is 9.94. The summed E-state index contributed by atoms with van der Waals surface area (Å²) in [4.78, 5) is 0. The average molecular weight is 193 g/mol. The van der Waals surface area contributed by atoms with Crippen LogP contribution in [-0.2, 0) is 5.75 Å². The molecule has 1 rings (SSSR count). The Kier molecular flexibility index (Phi) is 8.49. The molecule has 0 spiro atoms. The number of hydrogen-bond acceptors (Lipinski definition) is 2. The number of nitriles is 1. The highest BCUT2D eigenvalue weighted by molar-refractivity contribution is 7.98. The Labute approximate surface area is 84.8 Å². The standard InChI is InChI=1S/C9H9NS.C2H6/c10-6-7-11-8-9-4-2-1-3-5-9;1-2/h1-5H,7-8H2;1-2H3. The monoisotopic (exact) mass is 193 g/mol. The molecule has 0 aliphatic carbocycles. The van der Waals surface area contributed by atoms with Gasteiger partial charge in [-0.2, -0.15) is 5.26 Å². The smallest absolute Gasteiger partial charge is 0.0811 e. The van der Waals surface area contributed by atoms with Crippen molar-refractivity contribution in [3.05, 3.63) is 35.9 Å². The van der Waals surface area contributed by atoms with Crippen LogP contribution < -0.4 is 0 Å². The van der Waals surface area contributed by atoms with E-state index in [4.69, 9.17) is 5.26 Å². The molecule has 0 saturated heterocycles. The van der Waals surface area contributed by atoms with Crippen LogP contribution in [0.3, 0.4) is 0 Å². The molecule has 1 nitrogen and oxygen atoms in total. The number of thioether (sulfide) groups is 1. The topological polar surface area (TPSA) is 23.8 Å². The van der Waals surface area contributed by atoms with Gasteiger partial charge in [-0.05, 0) is 5.56 Å². The van der Waals surface area contributed by atoms with Crippen LogP contribution in [0.4, 0.5) is 0 Å². The molecule has 0 atom stereocenters. The zero-order valence-corrected chi connectivity index (χ0v) is 8.97. The molecule has 0 unspecified atom stereocenters. The maximum absolute atomic E-state index is 8.27. The summed E-state index contributed by atoms with van der Waals surface area (Å²) in [7, 11) is 0. The second-order valence-electron chi connectivity index (χ2n) is 2.14. The SMILES string of the molecule is CC.N#CCSCc1ccccc1. The summed E-state index contributed by atoms with van der Waals surface area (Å²) < 4.78 is 0. The van der Waals surface area contributed by atoms with E-state index in [0.717, 1.165) is 5.75 Å². The Hall–Kier alpha value is -0.940. The normalized spacial score (nSPS) is 8.08. The molecule has 0 aliphatic heterocycles. The Morgan fingerprint density at radius 3 is 2.38 bits per heavy atom. The third kappa shape index (κ3) is 6.24. The molecule has 0 saturated carbocycles. The van der Waals surface area contributed by atoms with Crippen molar-refractivity contribution in [3.8, 4) is 6.07 Å². The van der Waals surface area contributed by atoms with Gasteiger partial charge in [-0.1, -0.05) is 44.2 Å². The van der Waals surface area contributed by atoms with Crippen molar-refractivity contribution >= 4 is 11.8 Å². The van der Waals surface area contributed by atoms with Crippen molar-refractivity contribution in [2.24, 2.45) is 0 Å². The number of rotatable bonds is 3. The lowest BCUT2D eigenvalue weighted by Crippen LogP contribution is -1.79. The highest BCUT2D eigenvalue weighted by atomic mass is 32.2. The molecule has 0 aromatic heterocycles. The molecule has 0 bridgehead atoms. The minimum Gasteiger partial charge on any atom is -0.197 e. The van der Waals surface area contributed by atoms with Gasteiger partial charge in [-0.3, -0.25) is 0 Å². The van der Waals surface area contributed by atoms with Gasteiger partial charge in [0.1, 0.15) is 0 Å². The summed E-state index contributed by atoms with van der Waals surface area (Å²) in [5.74, 6) is 1.52. The molecule has 1 aromatic carbocycles. The molecule has 0 N–H and O–H groups in total. The van der Waals surface area contributed by atoms with Gasteiger partial charge < -0.3 is 0 Å². The van der Waals surface area contributed by atoms with Crippen molar-refractivity contribution in [3.63, 3.8) is 0 Å². The van der Waals surface area contributed by atoms with Crippen LogP contribution >= 0.6 is 11.8 Å². The van der Waals surface area contributed by atoms with E-state index in [9.17, 15) is 0 Å². The van der Waals surface area contributed by atoms with Gasteiger partial charge >= 0.3 is 0 Å². The van der Waals surface area contributed by atoms with Crippen LogP contribution in [0.2, 0.25) is 0 Å². The first-order valence-electron chi connectivity index (χ1n) is 4.42. The van der Waals surface area contributed by atoms with Gasteiger partial charge in [0, 0.05) is 5.75 Å². The predicted octanol–water partition coefficient (Wildman–Crippen LogP) is 3.47. The van der Waals surface area contributed by atoms with Crippen molar-refractivity contribution in [2.45, 2.75) is 19.6 Å². The Bertz CT molecular complexity index is 238. The summed E-state index contributed by atoms with van der Waals surface area (Å²) in [6.45, 7) is 4.00. The van der Waals surface area contributed by atoms with Gasteiger partial charge in [0.05, 0.1) is 11.8 Å². The second kappa shape index (κ2) is 9.15. The minimum atomic E-state index is 0.578. The zero-order valence-electron chi connectivity index (χ0n) is 8.16. The van der Waals surface area contributed by atoms with E-state index >= 15 is 0 Å². The molecule has 0 heterocycles. The maximum atomic E-state index is 8.27. The fourth-order valence-electron chi connectivity index (χ4n) is 0.789. The van der Waals surface area contributed by atoms with E-state index < -0.39 is 0 Å². The van der Waals surface area contributed by atoms with Gasteiger partial charge in [-0.25, -0.2) is 0 Å². The Morgan fingerprint density at radius 2 is 1.85 bits per heavy atom. The summed E-state index contributed by atoms with van der Waals surface area (Å²) in [6, 6.07) is 12.3. The molecule has 70 valence electrons. The summed E-state index contributed by atoms with van der Waals surface area (Å²) in [5, 5.41) is 8.27. The lowest BCUT2D eigenvalue weighted by atomic mass is 10.2.